The number of hydrogen-bond donors (Lipinski definition) is 0. The van der Waals surface area contributed by atoms with Gasteiger partial charge >= 0.3 is 0 Å². The number of benzene rings is 6. The number of nitro benzene ring substituents is 2. The number of non-ortho nitro benzene ring substituents is 2. The number of rotatable bonds is 15. The molecule has 258 valence electrons. The number of nitrogens with zero attached hydrogens (tertiary/aromatic N) is 2. The molecule has 0 aliphatic heterocycles. The van der Waals surface area contributed by atoms with Gasteiger partial charge < -0.3 is 0 Å². The highest BCUT2D eigenvalue weighted by Gasteiger charge is 2.52. The molecule has 10 heteroatoms. The normalized spacial score (nSPS) is 11.5. The van der Waals surface area contributed by atoms with Crippen LogP contribution >= 0.6 is 14.5 Å². The first kappa shape index (κ1) is 36.1. The maximum atomic E-state index is 14.4. The van der Waals surface area contributed by atoms with Crippen molar-refractivity contribution in [2.24, 2.45) is 0 Å². The Bertz CT molecular complexity index is 1930. The highest BCUT2D eigenvalue weighted by Crippen LogP contribution is 2.64. The lowest BCUT2D eigenvalue weighted by Crippen LogP contribution is -2.36. The van der Waals surface area contributed by atoms with Crippen molar-refractivity contribution in [3.8, 4) is 0 Å². The maximum Gasteiger partial charge on any atom is 0.269 e. The Morgan fingerprint density at radius 1 is 0.404 bits per heavy atom. The van der Waals surface area contributed by atoms with Crippen molar-refractivity contribution in [2.75, 3.05) is 24.6 Å². The zero-order valence-electron chi connectivity index (χ0n) is 28.2. The molecule has 8 nitrogen and oxygen atoms in total. The van der Waals surface area contributed by atoms with Gasteiger partial charge in [-0.2, -0.15) is 0 Å². The lowest BCUT2D eigenvalue weighted by atomic mass is 10.1. The van der Waals surface area contributed by atoms with Crippen molar-refractivity contribution >= 4 is 58.7 Å². The van der Waals surface area contributed by atoms with Crippen LogP contribution in [0.5, 0.6) is 0 Å². The Balaban J connectivity index is 1.50. The number of ketones is 2. The van der Waals surface area contributed by atoms with E-state index >= 15 is 0 Å². The standard InChI is InChI=1S/C42H36N2O6P2/c45-41(33-21-25-35(26-22-33)43(47)48)31-51(37-13-5-1-6-14-37,38-15-7-2-8-16-38)29-30-52(39-17-9-3-10-18-39,40-19-11-4-12-20-40)32-42(46)34-23-27-36(28-24-34)44(49)50/h1-28H,29-32H2/q+2. The van der Waals surface area contributed by atoms with E-state index in [1.807, 2.05) is 72.8 Å². The number of carbonyl (C=O) groups is 2. The summed E-state index contributed by atoms with van der Waals surface area (Å²) in [6.07, 6.45) is 1.59. The molecule has 0 N–H and O–H groups in total. The fourth-order valence-electron chi connectivity index (χ4n) is 6.74. The number of Topliss-reactive ketones (excluding diaryl/α,β-unsaturated/α-hetero) is 2. The molecule has 6 aromatic rings. The number of carbonyl (C=O) groups excluding carboxylic acids is 2. The van der Waals surface area contributed by atoms with E-state index in [0.29, 0.717) is 23.5 Å². The Labute approximate surface area is 303 Å². The molecule has 52 heavy (non-hydrogen) atoms. The molecule has 0 heterocycles. The summed E-state index contributed by atoms with van der Waals surface area (Å²) in [5.74, 6) is -0.220. The summed E-state index contributed by atoms with van der Waals surface area (Å²) in [6, 6.07) is 51.9. The van der Waals surface area contributed by atoms with Crippen LogP contribution < -0.4 is 21.2 Å². The third-order valence-corrected chi connectivity index (χ3v) is 18.6. The molecule has 0 amide bonds. The van der Waals surface area contributed by atoms with Gasteiger partial charge in [0.2, 0.25) is 11.6 Å². The van der Waals surface area contributed by atoms with E-state index in [1.165, 1.54) is 48.5 Å². The average Bonchev–Trinajstić information content (AvgIpc) is 3.20. The van der Waals surface area contributed by atoms with Crippen LogP contribution in [-0.4, -0.2) is 46.1 Å². The third-order valence-electron chi connectivity index (χ3n) is 9.49. The van der Waals surface area contributed by atoms with Gasteiger partial charge in [0.05, 0.1) is 45.6 Å². The molecule has 0 atom stereocenters. The molecule has 0 saturated carbocycles. The van der Waals surface area contributed by atoms with Gasteiger partial charge in [-0.15, -0.1) is 0 Å². The van der Waals surface area contributed by atoms with Crippen LogP contribution in [-0.2, 0) is 0 Å². The molecule has 0 spiro atoms. The minimum atomic E-state index is -2.57. The fraction of sp³-hybridized carbons (Fsp3) is 0.0952. The van der Waals surface area contributed by atoms with Crippen LogP contribution in [0.25, 0.3) is 0 Å². The summed E-state index contributed by atoms with van der Waals surface area (Å²) in [4.78, 5) is 50.5. The minimum absolute atomic E-state index is 0.0817. The topological polar surface area (TPSA) is 120 Å². The fourth-order valence-corrected chi connectivity index (χ4v) is 16.5. The molecule has 0 radical (unpaired) electrons. The smallest absolute Gasteiger partial charge is 0.269 e. The van der Waals surface area contributed by atoms with Crippen molar-refractivity contribution in [2.45, 2.75) is 0 Å². The van der Waals surface area contributed by atoms with E-state index in [0.717, 1.165) is 21.2 Å². The predicted octanol–water partition coefficient (Wildman–Crippen LogP) is 7.91. The van der Waals surface area contributed by atoms with Crippen molar-refractivity contribution in [3.05, 3.63) is 201 Å². The van der Waals surface area contributed by atoms with Crippen LogP contribution in [0.2, 0.25) is 0 Å². The molecule has 0 aromatic heterocycles. The highest BCUT2D eigenvalue weighted by molar-refractivity contribution is 7.93. The summed E-state index contributed by atoms with van der Waals surface area (Å²) in [5.41, 5.74) is 0.646. The molecular weight excluding hydrogens is 690 g/mol. The van der Waals surface area contributed by atoms with Gasteiger partial charge in [0, 0.05) is 35.4 Å². The van der Waals surface area contributed by atoms with Crippen molar-refractivity contribution in [1.82, 2.24) is 0 Å². The van der Waals surface area contributed by atoms with Crippen molar-refractivity contribution < 1.29 is 19.4 Å². The van der Waals surface area contributed by atoms with Gasteiger partial charge in [-0.1, -0.05) is 72.8 Å². The molecule has 0 aliphatic rings. The van der Waals surface area contributed by atoms with Gasteiger partial charge in [-0.25, -0.2) is 0 Å². The van der Waals surface area contributed by atoms with Gasteiger partial charge in [0.1, 0.15) is 24.6 Å². The predicted molar refractivity (Wildman–Crippen MR) is 212 cm³/mol. The molecular formula is C42H36N2O6P2+2. The lowest BCUT2D eigenvalue weighted by molar-refractivity contribution is -0.385. The lowest BCUT2D eigenvalue weighted by Gasteiger charge is -2.32. The second-order valence-corrected chi connectivity index (χ2v) is 20.0. The van der Waals surface area contributed by atoms with E-state index in [4.69, 9.17) is 0 Å². The van der Waals surface area contributed by atoms with Crippen LogP contribution in [0.4, 0.5) is 11.4 Å². The van der Waals surface area contributed by atoms with Gasteiger partial charge in [-0.3, -0.25) is 29.8 Å². The largest absolute Gasteiger partial charge is 0.290 e. The quantitative estimate of drug-likeness (QED) is 0.0459. The van der Waals surface area contributed by atoms with Crippen LogP contribution in [0.15, 0.2) is 170 Å². The van der Waals surface area contributed by atoms with Gasteiger partial charge in [0.25, 0.3) is 11.4 Å². The van der Waals surface area contributed by atoms with Gasteiger partial charge in [0.15, 0.2) is 0 Å². The zero-order chi connectivity index (χ0) is 36.6. The molecule has 0 fully saturated rings. The third kappa shape index (κ3) is 7.79. The van der Waals surface area contributed by atoms with Gasteiger partial charge in [-0.05, 0) is 72.8 Å². The Morgan fingerprint density at radius 2 is 0.654 bits per heavy atom. The second-order valence-electron chi connectivity index (χ2n) is 12.5. The monoisotopic (exact) mass is 726 g/mol. The molecule has 0 bridgehead atoms. The second kappa shape index (κ2) is 16.1. The Morgan fingerprint density at radius 3 is 0.885 bits per heavy atom. The molecule has 0 aliphatic carbocycles. The Hall–Kier alpha value is -5.68. The maximum absolute atomic E-state index is 14.4. The molecule has 0 saturated heterocycles. The summed E-state index contributed by atoms with van der Waals surface area (Å²) in [5, 5.41) is 27.0. The number of nitro groups is 2. The molecule has 0 unspecified atom stereocenters. The van der Waals surface area contributed by atoms with Crippen molar-refractivity contribution in [3.63, 3.8) is 0 Å². The highest BCUT2D eigenvalue weighted by atomic mass is 31.2. The van der Waals surface area contributed by atoms with E-state index in [2.05, 4.69) is 48.5 Å². The first-order chi connectivity index (χ1) is 25.2. The van der Waals surface area contributed by atoms with E-state index in [9.17, 15) is 29.8 Å². The van der Waals surface area contributed by atoms with E-state index in [1.54, 1.807) is 0 Å². The summed E-state index contributed by atoms with van der Waals surface area (Å²) >= 11 is 0. The zero-order valence-corrected chi connectivity index (χ0v) is 30.0. The first-order valence-corrected chi connectivity index (χ1v) is 21.1. The molecule has 6 aromatic carbocycles. The number of hydrogen-bond acceptors (Lipinski definition) is 6. The molecule has 6 rings (SSSR count). The van der Waals surface area contributed by atoms with Crippen LogP contribution in [0.3, 0.4) is 0 Å². The Kier molecular flexibility index (Phi) is 11.2. The summed E-state index contributed by atoms with van der Waals surface area (Å²) in [7, 11) is -5.13. The SMILES string of the molecule is O=C(C[P+](CC[P+](CC(=O)c1ccc([N+](=O)[O-])cc1)(c1ccccc1)c1ccccc1)(c1ccccc1)c1ccccc1)c1ccc([N+](=O)[O-])cc1. The van der Waals surface area contributed by atoms with E-state index in [-0.39, 0.29) is 35.3 Å². The van der Waals surface area contributed by atoms with E-state index < -0.39 is 24.4 Å². The minimum Gasteiger partial charge on any atom is -0.290 e. The van der Waals surface area contributed by atoms with Crippen LogP contribution in [0.1, 0.15) is 20.7 Å². The van der Waals surface area contributed by atoms with Crippen LogP contribution in [0, 0.1) is 20.2 Å². The summed E-state index contributed by atoms with van der Waals surface area (Å²) in [6.45, 7) is 0. The average molecular weight is 727 g/mol. The van der Waals surface area contributed by atoms with Crippen molar-refractivity contribution in [1.29, 1.82) is 0 Å². The first-order valence-electron chi connectivity index (χ1n) is 16.7. The summed E-state index contributed by atoms with van der Waals surface area (Å²) < 4.78 is 0.